The van der Waals surface area contributed by atoms with Gasteiger partial charge < -0.3 is 14.6 Å². The quantitative estimate of drug-likeness (QED) is 0.668. The van der Waals surface area contributed by atoms with Gasteiger partial charge in [-0.2, -0.15) is 0 Å². The van der Waals surface area contributed by atoms with Crippen LogP contribution in [0.2, 0.25) is 0 Å². The second-order valence-electron chi connectivity index (χ2n) is 5.00. The molecule has 0 saturated heterocycles. The minimum absolute atomic E-state index is 0.0303. The van der Waals surface area contributed by atoms with E-state index in [-0.39, 0.29) is 18.8 Å². The molecule has 0 saturated carbocycles. The number of carbonyl (C=O) groups is 3. The molecule has 1 N–H and O–H groups in total. The molecule has 1 aromatic rings. The molecule has 22 heavy (non-hydrogen) atoms. The highest BCUT2D eigenvalue weighted by Gasteiger charge is 2.59. The molecule has 0 aliphatic heterocycles. The van der Waals surface area contributed by atoms with E-state index >= 15 is 0 Å². The van der Waals surface area contributed by atoms with Gasteiger partial charge in [0.05, 0.1) is 13.2 Å². The van der Waals surface area contributed by atoms with Crippen molar-refractivity contribution in [3.63, 3.8) is 0 Å². The number of esters is 2. The maximum Gasteiger partial charge on any atom is 0.327 e. The summed E-state index contributed by atoms with van der Waals surface area (Å²) in [4.78, 5) is 37.1. The molecule has 1 aliphatic rings. The molecule has 0 bridgehead atoms. The van der Waals surface area contributed by atoms with Gasteiger partial charge in [0.2, 0.25) is 5.41 Å². The van der Waals surface area contributed by atoms with Crippen LogP contribution < -0.4 is 0 Å². The van der Waals surface area contributed by atoms with Crippen molar-refractivity contribution in [2.45, 2.75) is 26.4 Å². The van der Waals surface area contributed by atoms with Crippen LogP contribution in [0.4, 0.5) is 0 Å². The SMILES string of the molecule is CCOC(=O)C1(C(=O)OCC)CC(=O)c2ccccc2C1O. The minimum Gasteiger partial charge on any atom is -0.465 e. The smallest absolute Gasteiger partial charge is 0.327 e. The fourth-order valence-electron chi connectivity index (χ4n) is 2.67. The van der Waals surface area contributed by atoms with E-state index in [1.165, 1.54) is 6.07 Å². The summed E-state index contributed by atoms with van der Waals surface area (Å²) in [7, 11) is 0. The molecule has 118 valence electrons. The van der Waals surface area contributed by atoms with Crippen molar-refractivity contribution in [2.24, 2.45) is 5.41 Å². The lowest BCUT2D eigenvalue weighted by molar-refractivity contribution is -0.182. The zero-order chi connectivity index (χ0) is 16.3. The molecule has 0 amide bonds. The minimum atomic E-state index is -2.04. The van der Waals surface area contributed by atoms with Crippen molar-refractivity contribution in [3.8, 4) is 0 Å². The number of Topliss-reactive ketones (excluding diaryl/α,β-unsaturated/α-hetero) is 1. The van der Waals surface area contributed by atoms with Crippen LogP contribution in [0.3, 0.4) is 0 Å². The lowest BCUT2D eigenvalue weighted by atomic mass is 9.68. The van der Waals surface area contributed by atoms with Crippen LogP contribution in [0.1, 0.15) is 42.3 Å². The zero-order valence-corrected chi connectivity index (χ0v) is 12.5. The van der Waals surface area contributed by atoms with Crippen LogP contribution in [0.15, 0.2) is 24.3 Å². The van der Waals surface area contributed by atoms with Crippen LogP contribution in [0, 0.1) is 5.41 Å². The highest BCUT2D eigenvalue weighted by Crippen LogP contribution is 2.46. The molecule has 6 nitrogen and oxygen atoms in total. The molecule has 0 spiro atoms. The van der Waals surface area contributed by atoms with Gasteiger partial charge in [-0.3, -0.25) is 14.4 Å². The van der Waals surface area contributed by atoms with Crippen molar-refractivity contribution < 1.29 is 29.0 Å². The topological polar surface area (TPSA) is 89.9 Å². The molecule has 1 aliphatic carbocycles. The molecule has 0 heterocycles. The number of ether oxygens (including phenoxy) is 2. The van der Waals surface area contributed by atoms with E-state index in [0.717, 1.165) is 0 Å². The molecule has 6 heteroatoms. The number of hydrogen-bond acceptors (Lipinski definition) is 6. The summed E-state index contributed by atoms with van der Waals surface area (Å²) < 4.78 is 9.87. The Balaban J connectivity index is 2.57. The van der Waals surface area contributed by atoms with E-state index in [0.29, 0.717) is 5.56 Å². The fraction of sp³-hybridized carbons (Fsp3) is 0.438. The monoisotopic (exact) mass is 306 g/mol. The van der Waals surface area contributed by atoms with E-state index in [2.05, 4.69) is 0 Å². The number of carbonyl (C=O) groups excluding carboxylic acids is 3. The first-order valence-corrected chi connectivity index (χ1v) is 7.13. The molecule has 1 unspecified atom stereocenters. The van der Waals surface area contributed by atoms with E-state index in [4.69, 9.17) is 9.47 Å². The molecule has 0 aromatic heterocycles. The van der Waals surface area contributed by atoms with Crippen molar-refractivity contribution in [1.29, 1.82) is 0 Å². The number of benzene rings is 1. The summed E-state index contributed by atoms with van der Waals surface area (Å²) >= 11 is 0. The standard InChI is InChI=1S/C16H18O6/c1-3-21-14(19)16(15(20)22-4-2)9-12(17)10-7-5-6-8-11(10)13(16)18/h5-8,13,18H,3-4,9H2,1-2H3. The Labute approximate surface area is 128 Å². The predicted molar refractivity (Wildman–Crippen MR) is 76.0 cm³/mol. The average Bonchev–Trinajstić information content (AvgIpc) is 2.51. The highest BCUT2D eigenvalue weighted by atomic mass is 16.6. The van der Waals surface area contributed by atoms with Crippen LogP contribution in [0.25, 0.3) is 0 Å². The largest absolute Gasteiger partial charge is 0.465 e. The van der Waals surface area contributed by atoms with Crippen LogP contribution in [-0.4, -0.2) is 36.0 Å². The van der Waals surface area contributed by atoms with Gasteiger partial charge in [-0.05, 0) is 19.4 Å². The van der Waals surface area contributed by atoms with E-state index in [1.54, 1.807) is 32.0 Å². The van der Waals surface area contributed by atoms with Crippen LogP contribution >= 0.6 is 0 Å². The second kappa shape index (κ2) is 6.27. The van der Waals surface area contributed by atoms with Gasteiger partial charge in [-0.15, -0.1) is 0 Å². The zero-order valence-electron chi connectivity index (χ0n) is 12.5. The van der Waals surface area contributed by atoms with Gasteiger partial charge in [-0.25, -0.2) is 0 Å². The highest BCUT2D eigenvalue weighted by molar-refractivity contribution is 6.11. The summed E-state index contributed by atoms with van der Waals surface area (Å²) in [6.45, 7) is 3.23. The van der Waals surface area contributed by atoms with Gasteiger partial charge in [0.15, 0.2) is 5.78 Å². The lowest BCUT2D eigenvalue weighted by Gasteiger charge is -2.37. The summed E-state index contributed by atoms with van der Waals surface area (Å²) in [5.41, 5.74) is -1.50. The maximum absolute atomic E-state index is 12.4. The van der Waals surface area contributed by atoms with Crippen molar-refractivity contribution in [2.75, 3.05) is 13.2 Å². The molecule has 0 fully saturated rings. The van der Waals surface area contributed by atoms with Crippen molar-refractivity contribution in [3.05, 3.63) is 35.4 Å². The number of hydrogen-bond donors (Lipinski definition) is 1. The number of fused-ring (bicyclic) bond motifs is 1. The molecule has 1 aromatic carbocycles. The maximum atomic E-state index is 12.4. The second-order valence-corrected chi connectivity index (χ2v) is 5.00. The summed E-state index contributed by atoms with van der Waals surface area (Å²) in [6.07, 6.45) is -1.96. The number of aliphatic hydroxyl groups excluding tert-OH is 1. The van der Waals surface area contributed by atoms with Crippen molar-refractivity contribution >= 4 is 17.7 Å². The van der Waals surface area contributed by atoms with Gasteiger partial charge >= 0.3 is 11.9 Å². The third kappa shape index (κ3) is 2.39. The third-order valence-electron chi connectivity index (χ3n) is 3.74. The molecule has 1 atom stereocenters. The van der Waals surface area contributed by atoms with Gasteiger partial charge in [-0.1, -0.05) is 24.3 Å². The molecular weight excluding hydrogens is 288 g/mol. The molecule has 0 radical (unpaired) electrons. The summed E-state index contributed by atoms with van der Waals surface area (Å²) in [5, 5.41) is 10.6. The number of aliphatic hydroxyl groups is 1. The average molecular weight is 306 g/mol. The Morgan fingerprint density at radius 2 is 1.73 bits per heavy atom. The number of ketones is 1. The first-order valence-electron chi connectivity index (χ1n) is 7.13. The Kier molecular flexibility index (Phi) is 4.61. The Morgan fingerprint density at radius 3 is 2.27 bits per heavy atom. The van der Waals surface area contributed by atoms with E-state index < -0.39 is 35.7 Å². The van der Waals surface area contributed by atoms with E-state index in [1.807, 2.05) is 0 Å². The lowest BCUT2D eigenvalue weighted by Crippen LogP contribution is -2.50. The van der Waals surface area contributed by atoms with Gasteiger partial charge in [0, 0.05) is 12.0 Å². The normalized spacial score (nSPS) is 19.2. The fourth-order valence-corrected chi connectivity index (χ4v) is 2.67. The Morgan fingerprint density at radius 1 is 1.18 bits per heavy atom. The number of rotatable bonds is 4. The first kappa shape index (κ1) is 16.2. The van der Waals surface area contributed by atoms with Crippen LogP contribution in [-0.2, 0) is 19.1 Å². The first-order chi connectivity index (χ1) is 10.5. The van der Waals surface area contributed by atoms with Gasteiger partial charge in [0.25, 0.3) is 0 Å². The predicted octanol–water partition coefficient (Wildman–Crippen LogP) is 1.42. The van der Waals surface area contributed by atoms with Gasteiger partial charge in [0.1, 0.15) is 6.10 Å². The summed E-state index contributed by atoms with van der Waals surface area (Å²) in [6, 6.07) is 6.36. The molecule has 2 rings (SSSR count). The Hall–Kier alpha value is -2.21. The van der Waals surface area contributed by atoms with Crippen molar-refractivity contribution in [1.82, 2.24) is 0 Å². The van der Waals surface area contributed by atoms with E-state index in [9.17, 15) is 19.5 Å². The third-order valence-corrected chi connectivity index (χ3v) is 3.74. The van der Waals surface area contributed by atoms with Crippen LogP contribution in [0.5, 0.6) is 0 Å². The summed E-state index contributed by atoms with van der Waals surface area (Å²) in [5.74, 6) is -2.28. The Bertz CT molecular complexity index is 588. The molecular formula is C16H18O6.